The van der Waals surface area contributed by atoms with Crippen molar-refractivity contribution < 1.29 is 9.59 Å². The molecule has 2 aliphatic carbocycles. The predicted molar refractivity (Wildman–Crippen MR) is 115 cm³/mol. The zero-order valence-corrected chi connectivity index (χ0v) is 17.1. The number of amides is 2. The van der Waals surface area contributed by atoms with Crippen LogP contribution in [0.4, 0.5) is 0 Å². The Morgan fingerprint density at radius 3 is 2.40 bits per heavy atom. The molecule has 1 heterocycles. The lowest BCUT2D eigenvalue weighted by atomic mass is 9.93. The minimum atomic E-state index is -0.532. The van der Waals surface area contributed by atoms with Crippen molar-refractivity contribution >= 4 is 11.8 Å². The quantitative estimate of drug-likeness (QED) is 0.694. The van der Waals surface area contributed by atoms with Crippen molar-refractivity contribution in [3.05, 3.63) is 81.8 Å². The molecule has 0 radical (unpaired) electrons. The SMILES string of the molecule is CNC(=O)c1cn(CCc2ccccc2)cc(C(=O)NC[C@@H]2C[C@H]3C=C[C@@H]2C3)c1=O. The highest BCUT2D eigenvalue weighted by Crippen LogP contribution is 2.42. The fourth-order valence-corrected chi connectivity index (χ4v) is 4.57. The van der Waals surface area contributed by atoms with E-state index in [1.807, 2.05) is 30.3 Å². The Kier molecular flexibility index (Phi) is 5.84. The van der Waals surface area contributed by atoms with Gasteiger partial charge in [0.05, 0.1) is 0 Å². The summed E-state index contributed by atoms with van der Waals surface area (Å²) in [6, 6.07) is 9.96. The first-order valence-corrected chi connectivity index (χ1v) is 10.5. The Morgan fingerprint density at radius 1 is 1.03 bits per heavy atom. The third kappa shape index (κ3) is 4.22. The molecule has 4 rings (SSSR count). The van der Waals surface area contributed by atoms with E-state index in [1.165, 1.54) is 19.7 Å². The zero-order chi connectivity index (χ0) is 21.1. The molecule has 30 heavy (non-hydrogen) atoms. The lowest BCUT2D eigenvalue weighted by Crippen LogP contribution is -2.37. The van der Waals surface area contributed by atoms with Crippen LogP contribution in [0.3, 0.4) is 0 Å². The zero-order valence-electron chi connectivity index (χ0n) is 17.1. The highest BCUT2D eigenvalue weighted by atomic mass is 16.2. The minimum absolute atomic E-state index is 0.0129. The standard InChI is InChI=1S/C24H27N3O3/c1-25-23(29)20-14-27(10-9-16-5-3-2-4-6-16)15-21(22(20)28)24(30)26-13-19-12-17-7-8-18(19)11-17/h2-8,14-15,17-19H,9-13H2,1H3,(H,25,29)(H,26,30)/t17-,18+,19-/m0/s1. The highest BCUT2D eigenvalue weighted by molar-refractivity contribution is 5.99. The summed E-state index contributed by atoms with van der Waals surface area (Å²) in [6.07, 6.45) is 10.6. The molecule has 1 aromatic carbocycles. The summed E-state index contributed by atoms with van der Waals surface area (Å²) in [5, 5.41) is 5.43. The number of hydrogen-bond acceptors (Lipinski definition) is 3. The number of carbonyl (C=O) groups is 2. The fraction of sp³-hybridized carbons (Fsp3) is 0.375. The van der Waals surface area contributed by atoms with E-state index in [0.717, 1.165) is 18.4 Å². The monoisotopic (exact) mass is 405 g/mol. The molecule has 156 valence electrons. The van der Waals surface area contributed by atoms with Gasteiger partial charge in [-0.25, -0.2) is 0 Å². The third-order valence-electron chi connectivity index (χ3n) is 6.24. The maximum absolute atomic E-state index is 12.8. The first kappa shape index (κ1) is 20.1. The number of aryl methyl sites for hydroxylation is 2. The molecule has 1 saturated carbocycles. The molecule has 6 heteroatoms. The van der Waals surface area contributed by atoms with Gasteiger partial charge in [0.25, 0.3) is 11.8 Å². The Hall–Kier alpha value is -3.15. The Morgan fingerprint density at radius 2 is 1.77 bits per heavy atom. The van der Waals surface area contributed by atoms with E-state index in [1.54, 1.807) is 10.8 Å². The second-order valence-corrected chi connectivity index (χ2v) is 8.22. The predicted octanol–water partition coefficient (Wildman–Crippen LogP) is 2.39. The van der Waals surface area contributed by atoms with Crippen molar-refractivity contribution in [1.82, 2.24) is 15.2 Å². The molecule has 6 nitrogen and oxygen atoms in total. The third-order valence-corrected chi connectivity index (χ3v) is 6.24. The van der Waals surface area contributed by atoms with E-state index in [0.29, 0.717) is 30.8 Å². The van der Waals surface area contributed by atoms with E-state index >= 15 is 0 Å². The molecule has 2 bridgehead atoms. The van der Waals surface area contributed by atoms with Crippen molar-refractivity contribution in [3.63, 3.8) is 0 Å². The molecular weight excluding hydrogens is 378 g/mol. The van der Waals surface area contributed by atoms with Gasteiger partial charge in [-0.15, -0.1) is 0 Å². The van der Waals surface area contributed by atoms with Gasteiger partial charge in [-0.3, -0.25) is 14.4 Å². The van der Waals surface area contributed by atoms with Crippen LogP contribution in [-0.2, 0) is 13.0 Å². The van der Waals surface area contributed by atoms with Crippen molar-refractivity contribution in [1.29, 1.82) is 0 Å². The average Bonchev–Trinajstić information content (AvgIpc) is 3.40. The number of carbonyl (C=O) groups excluding carboxylic acids is 2. The maximum atomic E-state index is 12.8. The van der Waals surface area contributed by atoms with Crippen molar-refractivity contribution in [2.45, 2.75) is 25.8 Å². The summed E-state index contributed by atoms with van der Waals surface area (Å²) in [5.41, 5.74) is 0.618. The number of nitrogens with one attached hydrogen (secondary N) is 2. The lowest BCUT2D eigenvalue weighted by molar-refractivity contribution is 0.0943. The summed E-state index contributed by atoms with van der Waals surface area (Å²) in [5.74, 6) is 0.678. The average molecular weight is 405 g/mol. The van der Waals surface area contributed by atoms with Gasteiger partial charge in [0, 0.05) is 32.5 Å². The summed E-state index contributed by atoms with van der Waals surface area (Å²) in [6.45, 7) is 1.11. The molecule has 3 atom stereocenters. The molecule has 1 fully saturated rings. The number of aromatic nitrogens is 1. The first-order chi connectivity index (χ1) is 14.5. The van der Waals surface area contributed by atoms with Crippen LogP contribution in [0.5, 0.6) is 0 Å². The van der Waals surface area contributed by atoms with Crippen LogP contribution in [0.15, 0.2) is 59.7 Å². The fourth-order valence-electron chi connectivity index (χ4n) is 4.57. The topological polar surface area (TPSA) is 80.2 Å². The summed E-state index contributed by atoms with van der Waals surface area (Å²) >= 11 is 0. The largest absolute Gasteiger partial charge is 0.355 e. The van der Waals surface area contributed by atoms with Crippen LogP contribution >= 0.6 is 0 Å². The van der Waals surface area contributed by atoms with Gasteiger partial charge in [-0.1, -0.05) is 42.5 Å². The van der Waals surface area contributed by atoms with Gasteiger partial charge in [-0.2, -0.15) is 0 Å². The smallest absolute Gasteiger partial charge is 0.256 e. The normalized spacial score (nSPS) is 21.6. The van der Waals surface area contributed by atoms with Gasteiger partial charge in [0.2, 0.25) is 5.43 Å². The Labute approximate surface area is 176 Å². The number of nitrogens with zero attached hydrogens (tertiary/aromatic N) is 1. The van der Waals surface area contributed by atoms with Crippen LogP contribution < -0.4 is 16.1 Å². The molecule has 0 spiro atoms. The number of hydrogen-bond donors (Lipinski definition) is 2. The summed E-state index contributed by atoms with van der Waals surface area (Å²) in [7, 11) is 1.48. The van der Waals surface area contributed by atoms with E-state index in [9.17, 15) is 14.4 Å². The first-order valence-electron chi connectivity index (χ1n) is 10.5. The summed E-state index contributed by atoms with van der Waals surface area (Å²) < 4.78 is 1.76. The molecule has 0 unspecified atom stereocenters. The molecule has 2 aliphatic rings. The Balaban J connectivity index is 1.52. The van der Waals surface area contributed by atoms with Crippen molar-refractivity contribution in [2.24, 2.45) is 17.8 Å². The van der Waals surface area contributed by atoms with Crippen LogP contribution in [-0.4, -0.2) is 30.0 Å². The van der Waals surface area contributed by atoms with Gasteiger partial charge in [0.15, 0.2) is 0 Å². The van der Waals surface area contributed by atoms with Crippen LogP contribution in [0.25, 0.3) is 0 Å². The maximum Gasteiger partial charge on any atom is 0.256 e. The molecule has 2 amide bonds. The number of benzene rings is 1. The Bertz CT molecular complexity index is 1030. The van der Waals surface area contributed by atoms with Gasteiger partial charge >= 0.3 is 0 Å². The van der Waals surface area contributed by atoms with Crippen molar-refractivity contribution in [3.8, 4) is 0 Å². The molecule has 1 aromatic heterocycles. The van der Waals surface area contributed by atoms with E-state index < -0.39 is 17.2 Å². The van der Waals surface area contributed by atoms with Gasteiger partial charge in [-0.05, 0) is 42.6 Å². The molecule has 0 aliphatic heterocycles. The number of allylic oxidation sites excluding steroid dienone is 2. The van der Waals surface area contributed by atoms with E-state index in [-0.39, 0.29) is 11.1 Å². The molecule has 2 N–H and O–H groups in total. The second kappa shape index (κ2) is 8.69. The van der Waals surface area contributed by atoms with Crippen molar-refractivity contribution in [2.75, 3.05) is 13.6 Å². The molecule has 2 aromatic rings. The minimum Gasteiger partial charge on any atom is -0.355 e. The van der Waals surface area contributed by atoms with Crippen LogP contribution in [0.2, 0.25) is 0 Å². The second-order valence-electron chi connectivity index (χ2n) is 8.22. The van der Waals surface area contributed by atoms with Crippen LogP contribution in [0.1, 0.15) is 39.1 Å². The summed E-state index contributed by atoms with van der Waals surface area (Å²) in [4.78, 5) is 37.9. The highest BCUT2D eigenvalue weighted by Gasteiger charge is 2.35. The lowest BCUT2D eigenvalue weighted by Gasteiger charge is -2.18. The number of rotatable bonds is 7. The molecular formula is C24H27N3O3. The van der Waals surface area contributed by atoms with E-state index in [2.05, 4.69) is 22.8 Å². The number of fused-ring (bicyclic) bond motifs is 2. The molecule has 0 saturated heterocycles. The number of pyridine rings is 1. The van der Waals surface area contributed by atoms with Gasteiger partial charge in [0.1, 0.15) is 11.1 Å². The van der Waals surface area contributed by atoms with Crippen LogP contribution in [0, 0.1) is 17.8 Å². The van der Waals surface area contributed by atoms with Gasteiger partial charge < -0.3 is 15.2 Å². The van der Waals surface area contributed by atoms with E-state index in [4.69, 9.17) is 0 Å².